The van der Waals surface area contributed by atoms with Crippen molar-refractivity contribution in [3.8, 4) is 5.75 Å². The van der Waals surface area contributed by atoms with E-state index in [0.717, 1.165) is 43.7 Å². The van der Waals surface area contributed by atoms with E-state index in [2.05, 4.69) is 16.3 Å². The van der Waals surface area contributed by atoms with Gasteiger partial charge in [-0.2, -0.15) is 0 Å². The number of nitrogens with one attached hydrogen (secondary N) is 1. The fourth-order valence-corrected chi connectivity index (χ4v) is 5.14. The van der Waals surface area contributed by atoms with Gasteiger partial charge in [-0.25, -0.2) is 0 Å². The van der Waals surface area contributed by atoms with Crippen molar-refractivity contribution < 1.29 is 14.3 Å². The Morgan fingerprint density at radius 3 is 2.64 bits per heavy atom. The summed E-state index contributed by atoms with van der Waals surface area (Å²) in [4.78, 5) is 30.4. The molecule has 33 heavy (non-hydrogen) atoms. The zero-order chi connectivity index (χ0) is 23.4. The van der Waals surface area contributed by atoms with Crippen LogP contribution >= 0.6 is 23.2 Å². The average molecular weight is 490 g/mol. The molecule has 2 unspecified atom stereocenters. The second-order valence-corrected chi connectivity index (χ2v) is 9.41. The van der Waals surface area contributed by atoms with Gasteiger partial charge in [-0.15, -0.1) is 0 Å². The van der Waals surface area contributed by atoms with Gasteiger partial charge in [0.05, 0.1) is 23.7 Å². The number of carbonyl (C=O) groups is 2. The first-order chi connectivity index (χ1) is 16.0. The van der Waals surface area contributed by atoms with Crippen LogP contribution in [0.5, 0.6) is 5.75 Å². The van der Waals surface area contributed by atoms with Crippen LogP contribution in [0, 0.1) is 0 Å². The van der Waals surface area contributed by atoms with Crippen molar-refractivity contribution in [2.24, 2.45) is 0 Å². The van der Waals surface area contributed by atoms with E-state index in [1.165, 1.54) is 0 Å². The molecule has 2 aliphatic rings. The minimum atomic E-state index is -0.517. The number of ether oxygens (including phenoxy) is 1. The molecule has 2 fully saturated rings. The Labute approximate surface area is 204 Å². The smallest absolute Gasteiger partial charge is 0.256 e. The maximum Gasteiger partial charge on any atom is 0.256 e. The van der Waals surface area contributed by atoms with E-state index < -0.39 is 6.04 Å². The summed E-state index contributed by atoms with van der Waals surface area (Å²) in [6, 6.07) is 12.4. The van der Waals surface area contributed by atoms with Crippen molar-refractivity contribution in [3.05, 3.63) is 63.6 Å². The van der Waals surface area contributed by atoms with E-state index in [4.69, 9.17) is 27.9 Å². The van der Waals surface area contributed by atoms with Crippen molar-refractivity contribution >= 4 is 35.0 Å². The lowest BCUT2D eigenvalue weighted by atomic mass is 10.0. The first-order valence-corrected chi connectivity index (χ1v) is 12.2. The number of benzene rings is 2. The van der Waals surface area contributed by atoms with Crippen LogP contribution in [0.4, 0.5) is 0 Å². The second kappa shape index (κ2) is 10.8. The minimum Gasteiger partial charge on any atom is -0.497 e. The summed E-state index contributed by atoms with van der Waals surface area (Å²) >= 11 is 12.3. The number of carbonyl (C=O) groups excluding carboxylic acids is 2. The average Bonchev–Trinajstić information content (AvgIpc) is 3.53. The van der Waals surface area contributed by atoms with E-state index in [1.54, 1.807) is 30.2 Å². The van der Waals surface area contributed by atoms with Gasteiger partial charge in [0.2, 0.25) is 5.91 Å². The van der Waals surface area contributed by atoms with Crippen LogP contribution in [0.1, 0.15) is 47.6 Å². The lowest BCUT2D eigenvalue weighted by molar-refractivity contribution is -0.125. The van der Waals surface area contributed by atoms with Crippen LogP contribution in [-0.2, 0) is 4.79 Å². The molecule has 0 bridgehead atoms. The lowest BCUT2D eigenvalue weighted by Gasteiger charge is -2.30. The zero-order valence-electron chi connectivity index (χ0n) is 18.7. The van der Waals surface area contributed by atoms with Crippen molar-refractivity contribution in [2.75, 3.05) is 33.3 Å². The molecule has 2 atom stereocenters. The zero-order valence-corrected chi connectivity index (χ0v) is 20.2. The Hall–Kier alpha value is -2.28. The molecular formula is C25H29Cl2N3O3. The van der Waals surface area contributed by atoms with Crippen LogP contribution < -0.4 is 10.1 Å². The third-order valence-corrected chi connectivity index (χ3v) is 7.07. The maximum absolute atomic E-state index is 13.2. The number of amides is 2. The Morgan fingerprint density at radius 1 is 1.09 bits per heavy atom. The van der Waals surface area contributed by atoms with Gasteiger partial charge in [0.1, 0.15) is 11.8 Å². The normalized spacial score (nSPS) is 19.5. The molecule has 2 amide bonds. The summed E-state index contributed by atoms with van der Waals surface area (Å²) in [5, 5.41) is 3.90. The summed E-state index contributed by atoms with van der Waals surface area (Å²) in [5.74, 6) is 0.407. The molecule has 176 valence electrons. The van der Waals surface area contributed by atoms with Crippen LogP contribution in [-0.4, -0.2) is 60.9 Å². The minimum absolute atomic E-state index is 0.0551. The number of nitrogens with zero attached hydrogens (tertiary/aromatic N) is 2. The molecule has 2 aromatic carbocycles. The van der Waals surface area contributed by atoms with E-state index in [0.29, 0.717) is 35.1 Å². The van der Waals surface area contributed by atoms with Gasteiger partial charge >= 0.3 is 0 Å². The molecule has 2 saturated heterocycles. The summed E-state index contributed by atoms with van der Waals surface area (Å²) in [7, 11) is 1.66. The molecule has 0 aromatic heterocycles. The first-order valence-electron chi connectivity index (χ1n) is 11.4. The van der Waals surface area contributed by atoms with Crippen molar-refractivity contribution in [1.82, 2.24) is 15.1 Å². The monoisotopic (exact) mass is 489 g/mol. The van der Waals surface area contributed by atoms with Crippen molar-refractivity contribution in [2.45, 2.75) is 37.8 Å². The predicted octanol–water partition coefficient (Wildman–Crippen LogP) is 4.56. The number of halogens is 2. The second-order valence-electron chi connectivity index (χ2n) is 8.56. The largest absolute Gasteiger partial charge is 0.497 e. The van der Waals surface area contributed by atoms with Crippen LogP contribution in [0.25, 0.3) is 0 Å². The molecule has 2 heterocycles. The van der Waals surface area contributed by atoms with Crippen LogP contribution in [0.15, 0.2) is 42.5 Å². The molecule has 0 spiro atoms. The van der Waals surface area contributed by atoms with Gasteiger partial charge < -0.3 is 15.0 Å². The summed E-state index contributed by atoms with van der Waals surface area (Å²) in [6.07, 6.45) is 3.70. The quantitative estimate of drug-likeness (QED) is 0.618. The Bertz CT molecular complexity index is 1010. The standard InChI is InChI=1S/C25H29Cl2N3O3/c1-33-19-7-4-6-17(14-19)23(29-11-2-3-12-29)16-28-24(31)22-8-5-13-30(22)25(32)20-15-18(26)9-10-21(20)27/h4,6-7,9-10,14-15,22-23H,2-3,5,8,11-13,16H2,1H3,(H,28,31). The molecule has 2 aliphatic heterocycles. The van der Waals surface area contributed by atoms with Crippen LogP contribution in [0.2, 0.25) is 10.0 Å². The summed E-state index contributed by atoms with van der Waals surface area (Å²) in [5.41, 5.74) is 1.44. The summed E-state index contributed by atoms with van der Waals surface area (Å²) < 4.78 is 5.40. The first kappa shape index (κ1) is 23.9. The summed E-state index contributed by atoms with van der Waals surface area (Å²) in [6.45, 7) is 2.99. The van der Waals surface area contributed by atoms with E-state index in [-0.39, 0.29) is 17.9 Å². The number of hydrogen-bond acceptors (Lipinski definition) is 4. The molecule has 6 nitrogen and oxygen atoms in total. The molecule has 0 aliphatic carbocycles. The predicted molar refractivity (Wildman–Crippen MR) is 130 cm³/mol. The van der Waals surface area contributed by atoms with Gasteiger partial charge in [0.25, 0.3) is 5.91 Å². The Balaban J connectivity index is 1.47. The molecule has 1 N–H and O–H groups in total. The molecule has 8 heteroatoms. The fourth-order valence-electron chi connectivity index (χ4n) is 4.77. The van der Waals surface area contributed by atoms with Crippen molar-refractivity contribution in [1.29, 1.82) is 0 Å². The van der Waals surface area contributed by atoms with E-state index >= 15 is 0 Å². The highest BCUT2D eigenvalue weighted by molar-refractivity contribution is 6.35. The molecule has 4 rings (SSSR count). The fraction of sp³-hybridized carbons (Fsp3) is 0.440. The molecule has 2 aromatic rings. The molecule has 0 saturated carbocycles. The topological polar surface area (TPSA) is 61.9 Å². The SMILES string of the molecule is COc1cccc(C(CNC(=O)C2CCCN2C(=O)c2cc(Cl)ccc2Cl)N2CCCC2)c1. The highest BCUT2D eigenvalue weighted by Gasteiger charge is 2.36. The van der Waals surface area contributed by atoms with Crippen molar-refractivity contribution in [3.63, 3.8) is 0 Å². The van der Waals surface area contributed by atoms with Crippen LogP contribution in [0.3, 0.4) is 0 Å². The van der Waals surface area contributed by atoms with Gasteiger partial charge in [-0.3, -0.25) is 14.5 Å². The van der Waals surface area contributed by atoms with Gasteiger partial charge in [-0.05, 0) is 74.7 Å². The third kappa shape index (κ3) is 5.45. The lowest BCUT2D eigenvalue weighted by Crippen LogP contribution is -2.48. The van der Waals surface area contributed by atoms with E-state index in [9.17, 15) is 9.59 Å². The van der Waals surface area contributed by atoms with Gasteiger partial charge in [0, 0.05) is 18.1 Å². The molecular weight excluding hydrogens is 461 g/mol. The van der Waals surface area contributed by atoms with Gasteiger partial charge in [-0.1, -0.05) is 35.3 Å². The van der Waals surface area contributed by atoms with E-state index in [1.807, 2.05) is 18.2 Å². The number of likely N-dealkylation sites (tertiary alicyclic amines) is 2. The number of rotatable bonds is 7. The highest BCUT2D eigenvalue weighted by atomic mass is 35.5. The third-order valence-electron chi connectivity index (χ3n) is 6.50. The highest BCUT2D eigenvalue weighted by Crippen LogP contribution is 2.29. The number of hydrogen-bond donors (Lipinski definition) is 1. The Morgan fingerprint density at radius 2 is 1.88 bits per heavy atom. The Kier molecular flexibility index (Phi) is 7.78. The maximum atomic E-state index is 13.2. The molecule has 0 radical (unpaired) electrons. The number of methoxy groups -OCH3 is 1. The van der Waals surface area contributed by atoms with Gasteiger partial charge in [0.15, 0.2) is 0 Å².